The first-order chi connectivity index (χ1) is 17.0. The summed E-state index contributed by atoms with van der Waals surface area (Å²) in [5.41, 5.74) is 0.681. The molecule has 0 amide bonds. The summed E-state index contributed by atoms with van der Waals surface area (Å²) in [5.74, 6) is -1.25. The van der Waals surface area contributed by atoms with Crippen LogP contribution in [0.3, 0.4) is 0 Å². The lowest BCUT2D eigenvalue weighted by molar-refractivity contribution is -0.129. The standard InChI is InChI=1S/C24H24N2O8S2/c1-34-21-5-3-4-6-22(21)36(32,33)26(16-18-9-13-20(14-10-18)35(2,30)31)15-17-7-11-19(12-8-17)23(25-29)24(27)28/h3-14,29H,15-16H2,1-2H3,(H,27,28)/b25-23-. The van der Waals surface area contributed by atoms with Gasteiger partial charge < -0.3 is 15.1 Å². The van der Waals surface area contributed by atoms with Crippen LogP contribution in [0.1, 0.15) is 16.7 Å². The number of nitrogens with zero attached hydrogens (tertiary/aromatic N) is 2. The Balaban J connectivity index is 2.01. The number of rotatable bonds is 10. The van der Waals surface area contributed by atoms with E-state index in [2.05, 4.69) is 5.16 Å². The quantitative estimate of drug-likeness (QED) is 0.230. The summed E-state index contributed by atoms with van der Waals surface area (Å²) in [5, 5.41) is 20.9. The number of benzene rings is 3. The van der Waals surface area contributed by atoms with Crippen LogP contribution in [-0.4, -0.2) is 56.5 Å². The first-order valence-electron chi connectivity index (χ1n) is 10.4. The number of carboxylic acids is 1. The van der Waals surface area contributed by atoms with E-state index in [0.717, 1.165) is 6.26 Å². The number of aliphatic carboxylic acids is 1. The van der Waals surface area contributed by atoms with Crippen LogP contribution >= 0.6 is 0 Å². The Morgan fingerprint density at radius 2 is 1.42 bits per heavy atom. The lowest BCUT2D eigenvalue weighted by Crippen LogP contribution is -2.30. The monoisotopic (exact) mass is 532 g/mol. The number of ether oxygens (including phenoxy) is 1. The van der Waals surface area contributed by atoms with Crippen molar-refractivity contribution in [2.45, 2.75) is 22.9 Å². The molecular formula is C24H24N2O8S2. The van der Waals surface area contributed by atoms with Gasteiger partial charge in [0.25, 0.3) is 0 Å². The van der Waals surface area contributed by atoms with Gasteiger partial charge in [-0.15, -0.1) is 0 Å². The number of sulfonamides is 1. The number of oxime groups is 1. The first-order valence-corrected chi connectivity index (χ1v) is 13.8. The van der Waals surface area contributed by atoms with E-state index in [9.17, 15) is 21.6 Å². The molecule has 0 atom stereocenters. The molecule has 3 rings (SSSR count). The Morgan fingerprint density at radius 1 is 0.889 bits per heavy atom. The fourth-order valence-corrected chi connectivity index (χ4v) is 5.64. The van der Waals surface area contributed by atoms with Gasteiger partial charge in [-0.05, 0) is 35.4 Å². The Morgan fingerprint density at radius 3 is 1.89 bits per heavy atom. The second-order valence-electron chi connectivity index (χ2n) is 7.79. The molecule has 3 aromatic rings. The van der Waals surface area contributed by atoms with Crippen LogP contribution in [0.15, 0.2) is 87.7 Å². The van der Waals surface area contributed by atoms with Crippen molar-refractivity contribution in [1.82, 2.24) is 4.31 Å². The number of hydrogen-bond acceptors (Lipinski definition) is 8. The molecule has 3 aromatic carbocycles. The molecular weight excluding hydrogens is 508 g/mol. The number of carboxylic acid groups (broad SMARTS) is 1. The summed E-state index contributed by atoms with van der Waals surface area (Å²) in [4.78, 5) is 11.3. The summed E-state index contributed by atoms with van der Waals surface area (Å²) in [6.45, 7) is -0.169. The fourth-order valence-electron chi connectivity index (χ4n) is 3.44. The topological polar surface area (TPSA) is 151 Å². The Hall–Kier alpha value is -3.74. The van der Waals surface area contributed by atoms with Gasteiger partial charge in [0.1, 0.15) is 10.6 Å². The predicted octanol–water partition coefficient (Wildman–Crippen LogP) is 2.75. The second kappa shape index (κ2) is 10.9. The van der Waals surface area contributed by atoms with Crippen molar-refractivity contribution < 1.29 is 36.7 Å². The number of para-hydroxylation sites is 1. The van der Waals surface area contributed by atoms with Gasteiger partial charge in [0.2, 0.25) is 10.0 Å². The zero-order valence-electron chi connectivity index (χ0n) is 19.4. The number of methoxy groups -OCH3 is 1. The van der Waals surface area contributed by atoms with Crippen molar-refractivity contribution in [2.75, 3.05) is 13.4 Å². The molecule has 0 unspecified atom stereocenters. The highest BCUT2D eigenvalue weighted by Gasteiger charge is 2.28. The minimum atomic E-state index is -4.09. The van der Waals surface area contributed by atoms with E-state index in [1.54, 1.807) is 24.3 Å². The number of sulfone groups is 1. The smallest absolute Gasteiger partial charge is 0.358 e. The molecule has 12 heteroatoms. The van der Waals surface area contributed by atoms with Crippen LogP contribution in [0.25, 0.3) is 0 Å². The van der Waals surface area contributed by atoms with Gasteiger partial charge in [-0.1, -0.05) is 53.7 Å². The van der Waals surface area contributed by atoms with Gasteiger partial charge >= 0.3 is 5.97 Å². The maximum atomic E-state index is 13.7. The van der Waals surface area contributed by atoms with Crippen molar-refractivity contribution >= 4 is 31.5 Å². The van der Waals surface area contributed by atoms with Crippen molar-refractivity contribution in [3.8, 4) is 5.75 Å². The maximum Gasteiger partial charge on any atom is 0.358 e. The summed E-state index contributed by atoms with van der Waals surface area (Å²) in [7, 11) is -6.14. The van der Waals surface area contributed by atoms with Gasteiger partial charge in [-0.3, -0.25) is 0 Å². The molecule has 0 aliphatic heterocycles. The van der Waals surface area contributed by atoms with Gasteiger partial charge in [-0.25, -0.2) is 21.6 Å². The zero-order chi connectivity index (χ0) is 26.5. The molecule has 0 fully saturated rings. The van der Waals surface area contributed by atoms with E-state index in [-0.39, 0.29) is 34.2 Å². The second-order valence-corrected chi connectivity index (χ2v) is 11.7. The largest absolute Gasteiger partial charge is 0.495 e. The van der Waals surface area contributed by atoms with E-state index in [4.69, 9.17) is 15.1 Å². The molecule has 0 aliphatic carbocycles. The van der Waals surface area contributed by atoms with Crippen LogP contribution in [0.5, 0.6) is 5.75 Å². The highest BCUT2D eigenvalue weighted by molar-refractivity contribution is 7.90. The van der Waals surface area contributed by atoms with Crippen LogP contribution in [0.2, 0.25) is 0 Å². The van der Waals surface area contributed by atoms with E-state index < -0.39 is 31.5 Å². The van der Waals surface area contributed by atoms with Crippen LogP contribution in [-0.2, 0) is 37.7 Å². The van der Waals surface area contributed by atoms with Crippen molar-refractivity contribution in [3.05, 3.63) is 89.5 Å². The van der Waals surface area contributed by atoms with Gasteiger partial charge in [0.15, 0.2) is 15.5 Å². The predicted molar refractivity (Wildman–Crippen MR) is 131 cm³/mol. The molecule has 2 N–H and O–H groups in total. The van der Waals surface area contributed by atoms with Gasteiger partial charge in [0.05, 0.1) is 12.0 Å². The third-order valence-corrected chi connectivity index (χ3v) is 8.25. The molecule has 0 aromatic heterocycles. The van der Waals surface area contributed by atoms with Crippen LogP contribution in [0, 0.1) is 0 Å². The Labute approximate surface area is 209 Å². The molecule has 0 radical (unpaired) electrons. The molecule has 0 bridgehead atoms. The Kier molecular flexibility index (Phi) is 8.13. The number of carbonyl (C=O) groups is 1. The lowest BCUT2D eigenvalue weighted by Gasteiger charge is -2.24. The van der Waals surface area contributed by atoms with E-state index >= 15 is 0 Å². The summed E-state index contributed by atoms with van der Waals surface area (Å²) in [6, 6.07) is 18.0. The third-order valence-electron chi connectivity index (χ3n) is 5.29. The van der Waals surface area contributed by atoms with Crippen LogP contribution in [0.4, 0.5) is 0 Å². The molecule has 0 aliphatic rings. The molecule has 36 heavy (non-hydrogen) atoms. The highest BCUT2D eigenvalue weighted by Crippen LogP contribution is 2.29. The summed E-state index contributed by atoms with van der Waals surface area (Å²) < 4.78 is 57.4. The highest BCUT2D eigenvalue weighted by atomic mass is 32.2. The average Bonchev–Trinajstić information content (AvgIpc) is 2.84. The minimum absolute atomic E-state index is 0.0440. The molecule has 190 valence electrons. The molecule has 10 nitrogen and oxygen atoms in total. The third kappa shape index (κ3) is 6.08. The van der Waals surface area contributed by atoms with Crippen molar-refractivity contribution in [1.29, 1.82) is 0 Å². The van der Waals surface area contributed by atoms with E-state index in [1.807, 2.05) is 0 Å². The molecule has 0 spiro atoms. The number of hydrogen-bond donors (Lipinski definition) is 2. The molecule has 0 heterocycles. The first kappa shape index (κ1) is 26.9. The van der Waals surface area contributed by atoms with E-state index in [0.29, 0.717) is 11.1 Å². The fraction of sp³-hybridized carbons (Fsp3) is 0.167. The minimum Gasteiger partial charge on any atom is -0.495 e. The van der Waals surface area contributed by atoms with Crippen molar-refractivity contribution in [3.63, 3.8) is 0 Å². The van der Waals surface area contributed by atoms with E-state index in [1.165, 1.54) is 59.9 Å². The normalized spacial score (nSPS) is 12.5. The van der Waals surface area contributed by atoms with Crippen molar-refractivity contribution in [2.24, 2.45) is 5.16 Å². The van der Waals surface area contributed by atoms with Gasteiger partial charge in [0, 0.05) is 24.9 Å². The zero-order valence-corrected chi connectivity index (χ0v) is 21.0. The maximum absolute atomic E-state index is 13.7. The lowest BCUT2D eigenvalue weighted by atomic mass is 10.1. The average molecular weight is 533 g/mol. The molecule has 0 saturated heterocycles. The summed E-state index contributed by atoms with van der Waals surface area (Å²) in [6.07, 6.45) is 1.08. The summed E-state index contributed by atoms with van der Waals surface area (Å²) >= 11 is 0. The molecule has 0 saturated carbocycles. The van der Waals surface area contributed by atoms with Crippen LogP contribution < -0.4 is 4.74 Å². The van der Waals surface area contributed by atoms with Gasteiger partial charge in [-0.2, -0.15) is 4.31 Å². The SMILES string of the molecule is COc1ccccc1S(=O)(=O)N(Cc1ccc(/C(=N/O)C(=O)O)cc1)Cc1ccc(S(C)(=O)=O)cc1. The Bertz CT molecular complexity index is 1480.